The molecule has 2 amide bonds. The van der Waals surface area contributed by atoms with Crippen LogP contribution in [-0.2, 0) is 32.4 Å². The zero-order valence-electron chi connectivity index (χ0n) is 30.6. The molecule has 4 aromatic carbocycles. The van der Waals surface area contributed by atoms with Crippen LogP contribution in [0.2, 0.25) is 0 Å². The summed E-state index contributed by atoms with van der Waals surface area (Å²) in [7, 11) is 2.79. The van der Waals surface area contributed by atoms with Crippen molar-refractivity contribution in [2.24, 2.45) is 0 Å². The third-order valence-electron chi connectivity index (χ3n) is 8.64. The lowest BCUT2D eigenvalue weighted by Gasteiger charge is -2.26. The fraction of sp³-hybridized carbons (Fsp3) is 0.341. The van der Waals surface area contributed by atoms with E-state index in [0.717, 1.165) is 45.7 Å². The second-order valence-corrected chi connectivity index (χ2v) is 14.3. The molecule has 11 heteroatoms. The van der Waals surface area contributed by atoms with E-state index in [1.54, 1.807) is 23.5 Å². The third kappa shape index (κ3) is 11.9. The summed E-state index contributed by atoms with van der Waals surface area (Å²) in [5.74, 6) is 0.649. The molecule has 0 saturated carbocycles. The Morgan fingerprint density at radius 2 is 1.38 bits per heavy atom. The van der Waals surface area contributed by atoms with Crippen LogP contribution >= 0.6 is 23.5 Å². The molecule has 0 radical (unpaired) electrons. The van der Waals surface area contributed by atoms with Crippen molar-refractivity contribution in [1.82, 2.24) is 10.6 Å². The molecule has 2 N–H and O–H groups in total. The summed E-state index contributed by atoms with van der Waals surface area (Å²) in [5.41, 5.74) is 6.91. The van der Waals surface area contributed by atoms with Crippen molar-refractivity contribution in [2.45, 2.75) is 44.9 Å². The van der Waals surface area contributed by atoms with Crippen LogP contribution in [0.1, 0.15) is 50.2 Å². The maximum Gasteiger partial charge on any atom is 0.328 e. The lowest BCUT2D eigenvalue weighted by atomic mass is 9.93. The molecule has 0 spiro atoms. The third-order valence-corrected chi connectivity index (χ3v) is 9.93. The molecule has 0 aliphatic rings. The molecule has 0 aliphatic heterocycles. The molecule has 0 fully saturated rings. The topological polar surface area (TPSA) is 106 Å². The van der Waals surface area contributed by atoms with Gasteiger partial charge in [0, 0.05) is 29.9 Å². The second-order valence-electron chi connectivity index (χ2n) is 12.3. The molecule has 4 rings (SSSR count). The molecule has 52 heavy (non-hydrogen) atoms. The van der Waals surface area contributed by atoms with E-state index in [4.69, 9.17) is 14.5 Å². The molecular formula is C41H49N3O6S2. The number of rotatable bonds is 20. The fourth-order valence-corrected chi connectivity index (χ4v) is 6.80. The van der Waals surface area contributed by atoms with Gasteiger partial charge in [0.2, 0.25) is 0 Å². The van der Waals surface area contributed by atoms with E-state index >= 15 is 0 Å². The number of carbonyl (C=O) groups is 3. The molecule has 4 aromatic rings. The number of nitrogens with zero attached hydrogens (tertiary/aromatic N) is 1. The molecule has 2 unspecified atom stereocenters. The van der Waals surface area contributed by atoms with E-state index in [-0.39, 0.29) is 24.5 Å². The van der Waals surface area contributed by atoms with Crippen molar-refractivity contribution in [3.05, 3.63) is 125 Å². The number of hydrogen-bond donors (Lipinski definition) is 2. The van der Waals surface area contributed by atoms with Gasteiger partial charge in [0.05, 0.1) is 20.3 Å². The summed E-state index contributed by atoms with van der Waals surface area (Å²) in [6.45, 7) is 3.44. The molecule has 0 aliphatic carbocycles. The van der Waals surface area contributed by atoms with Crippen LogP contribution in [0.15, 0.2) is 97.1 Å². The number of thioether (sulfide) groups is 2. The Morgan fingerprint density at radius 3 is 2.06 bits per heavy atom. The highest BCUT2D eigenvalue weighted by molar-refractivity contribution is 7.98. The van der Waals surface area contributed by atoms with Gasteiger partial charge in [-0.15, -0.1) is 0 Å². The van der Waals surface area contributed by atoms with Crippen molar-refractivity contribution >= 4 is 47.0 Å². The molecule has 0 heterocycles. The number of methoxy groups -OCH3 is 1. The maximum atomic E-state index is 13.8. The van der Waals surface area contributed by atoms with Gasteiger partial charge in [0.15, 0.2) is 0 Å². The predicted molar refractivity (Wildman–Crippen MR) is 213 cm³/mol. The predicted octanol–water partition coefficient (Wildman–Crippen LogP) is 7.32. The van der Waals surface area contributed by atoms with Crippen molar-refractivity contribution in [3.8, 4) is 11.1 Å². The van der Waals surface area contributed by atoms with Crippen LogP contribution in [0, 0.1) is 6.92 Å². The van der Waals surface area contributed by atoms with Gasteiger partial charge in [-0.1, -0.05) is 60.7 Å². The van der Waals surface area contributed by atoms with Crippen LogP contribution in [0.4, 0.5) is 5.69 Å². The monoisotopic (exact) mass is 743 g/mol. The first-order valence-electron chi connectivity index (χ1n) is 17.2. The quantitative estimate of drug-likeness (QED) is 0.0547. The minimum absolute atomic E-state index is 0.160. The minimum Gasteiger partial charge on any atom is -0.467 e. The summed E-state index contributed by atoms with van der Waals surface area (Å²) >= 11 is 3.32. The smallest absolute Gasteiger partial charge is 0.328 e. The van der Waals surface area contributed by atoms with Crippen LogP contribution in [0.5, 0.6) is 0 Å². The van der Waals surface area contributed by atoms with E-state index in [1.165, 1.54) is 14.2 Å². The maximum absolute atomic E-state index is 13.8. The molecule has 0 bridgehead atoms. The van der Waals surface area contributed by atoms with Crippen LogP contribution in [0.25, 0.3) is 11.1 Å². The van der Waals surface area contributed by atoms with Crippen molar-refractivity contribution in [1.29, 1.82) is 0 Å². The number of ether oxygens (including phenoxy) is 1. The standard InChI is InChI=1S/C41H49N3O6S2/c1-29-11-9-10-14-35(29)37-25-31(17-20-36(37)40(46)43-38(22-24-52-5)41(47)48-2)27-44(34-12-7-6-8-13-34)26-30-15-18-32(19-16-30)39(45)42-33(21-23-51-4)28-50-49-3/h6-20,25,33,38H,21-24,26-28H2,1-5H3,(H,42,45)(H,43,46). The Hall–Kier alpha value is -4.29. The number of carbonyl (C=O) groups excluding carboxylic acids is 3. The molecule has 0 saturated heterocycles. The highest BCUT2D eigenvalue weighted by Crippen LogP contribution is 2.30. The number of para-hydroxylation sites is 1. The van der Waals surface area contributed by atoms with Crippen molar-refractivity contribution in [3.63, 3.8) is 0 Å². The number of esters is 1. The summed E-state index contributed by atoms with van der Waals surface area (Å²) in [6.07, 6.45) is 5.23. The van der Waals surface area contributed by atoms with Crippen LogP contribution in [0.3, 0.4) is 0 Å². The van der Waals surface area contributed by atoms with Crippen LogP contribution in [-0.4, -0.2) is 74.7 Å². The Morgan fingerprint density at radius 1 is 0.731 bits per heavy atom. The van der Waals surface area contributed by atoms with E-state index in [0.29, 0.717) is 36.4 Å². The van der Waals surface area contributed by atoms with Crippen molar-refractivity contribution in [2.75, 3.05) is 49.7 Å². The van der Waals surface area contributed by atoms with E-state index in [9.17, 15) is 14.4 Å². The average molecular weight is 744 g/mol. The Kier molecular flexibility index (Phi) is 16.6. The fourth-order valence-electron chi connectivity index (χ4n) is 5.80. The summed E-state index contributed by atoms with van der Waals surface area (Å²) in [6, 6.07) is 30.8. The highest BCUT2D eigenvalue weighted by Gasteiger charge is 2.24. The minimum atomic E-state index is -0.744. The SMILES string of the molecule is COOCC(CCSC)NC(=O)c1ccc(CN(Cc2ccc(C(=O)NC(CCSC)C(=O)OC)c(-c3ccccc3C)c2)c2ccccc2)cc1. The molecule has 9 nitrogen and oxygen atoms in total. The summed E-state index contributed by atoms with van der Waals surface area (Å²) in [4.78, 5) is 51.6. The summed E-state index contributed by atoms with van der Waals surface area (Å²) < 4.78 is 5.00. The van der Waals surface area contributed by atoms with Crippen LogP contribution < -0.4 is 15.5 Å². The van der Waals surface area contributed by atoms with Gasteiger partial charge < -0.3 is 20.3 Å². The van der Waals surface area contributed by atoms with E-state index in [2.05, 4.69) is 33.7 Å². The van der Waals surface area contributed by atoms with Gasteiger partial charge >= 0.3 is 5.97 Å². The Labute approximate surface area is 316 Å². The zero-order valence-corrected chi connectivity index (χ0v) is 32.2. The first kappa shape index (κ1) is 40.5. The van der Waals surface area contributed by atoms with E-state index < -0.39 is 12.0 Å². The number of benzene rings is 4. The van der Waals surface area contributed by atoms with E-state index in [1.807, 2.05) is 98.3 Å². The normalized spacial score (nSPS) is 12.1. The molecule has 2 atom stereocenters. The number of nitrogens with one attached hydrogen (secondary N) is 2. The Bertz CT molecular complexity index is 1730. The van der Waals surface area contributed by atoms with Gasteiger partial charge in [-0.05, 0) is 108 Å². The van der Waals surface area contributed by atoms with Gasteiger partial charge in [-0.25, -0.2) is 14.6 Å². The Balaban J connectivity index is 1.60. The summed E-state index contributed by atoms with van der Waals surface area (Å²) in [5, 5.41) is 5.99. The first-order valence-corrected chi connectivity index (χ1v) is 20.0. The molecular weight excluding hydrogens is 695 g/mol. The lowest BCUT2D eigenvalue weighted by molar-refractivity contribution is -0.275. The number of hydrogen-bond acceptors (Lipinski definition) is 9. The number of amides is 2. The lowest BCUT2D eigenvalue weighted by Crippen LogP contribution is -2.42. The molecule has 0 aromatic heterocycles. The van der Waals surface area contributed by atoms with Gasteiger partial charge in [-0.3, -0.25) is 9.59 Å². The average Bonchev–Trinajstić information content (AvgIpc) is 3.17. The highest BCUT2D eigenvalue weighted by atomic mass is 32.2. The van der Waals surface area contributed by atoms with Gasteiger partial charge in [0.25, 0.3) is 11.8 Å². The number of aryl methyl sites for hydroxylation is 1. The van der Waals surface area contributed by atoms with Gasteiger partial charge in [0.1, 0.15) is 12.6 Å². The van der Waals surface area contributed by atoms with Crippen molar-refractivity contribution < 1.29 is 28.9 Å². The molecule has 276 valence electrons. The van der Waals surface area contributed by atoms with Gasteiger partial charge in [-0.2, -0.15) is 23.5 Å². The second kappa shape index (κ2) is 21.3. The first-order chi connectivity index (χ1) is 25.3. The number of anilines is 1. The largest absolute Gasteiger partial charge is 0.467 e. The zero-order chi connectivity index (χ0) is 37.3.